The van der Waals surface area contributed by atoms with Crippen molar-refractivity contribution < 1.29 is 5.11 Å². The smallest absolute Gasteiger partial charge is 0.0558 e. The molecule has 0 unspecified atom stereocenters. The fraction of sp³-hybridized carbons (Fsp3) is 1.00. The molecule has 3 heteroatoms. The minimum absolute atomic E-state index is 0.279. The topological polar surface area (TPSA) is 35.5 Å². The molecule has 3 nitrogen and oxygen atoms in total. The Bertz CT molecular complexity index is 113. The maximum Gasteiger partial charge on any atom is 0.0558 e. The average Bonchev–Trinajstić information content (AvgIpc) is 2.06. The third-order valence-electron chi connectivity index (χ3n) is 2.51. The van der Waals surface area contributed by atoms with Gasteiger partial charge in [0.05, 0.1) is 6.61 Å². The minimum Gasteiger partial charge on any atom is -0.395 e. The molecule has 0 atom stereocenters. The van der Waals surface area contributed by atoms with Crippen LogP contribution < -0.4 is 5.32 Å². The van der Waals surface area contributed by atoms with Gasteiger partial charge in [-0.15, -0.1) is 0 Å². The third-order valence-corrected chi connectivity index (χ3v) is 2.51. The lowest BCUT2D eigenvalue weighted by Crippen LogP contribution is -2.35. The number of piperidine rings is 1. The largest absolute Gasteiger partial charge is 0.395 e. The number of aliphatic hydroxyl groups is 1. The molecule has 0 aromatic heterocycles. The monoisotopic (exact) mass is 172 g/mol. The first-order valence-corrected chi connectivity index (χ1v) is 4.83. The molecule has 2 N–H and O–H groups in total. The molecule has 1 fully saturated rings. The number of hydrogen-bond acceptors (Lipinski definition) is 3. The Morgan fingerprint density at radius 3 is 2.67 bits per heavy atom. The summed E-state index contributed by atoms with van der Waals surface area (Å²) < 4.78 is 0. The summed E-state index contributed by atoms with van der Waals surface area (Å²) in [6, 6.07) is 0. The number of likely N-dealkylation sites (N-methyl/N-ethyl adjacent to an activating group) is 1. The van der Waals surface area contributed by atoms with Crippen molar-refractivity contribution in [1.82, 2.24) is 10.2 Å². The van der Waals surface area contributed by atoms with Crippen LogP contribution in [0.5, 0.6) is 0 Å². The van der Waals surface area contributed by atoms with E-state index in [1.54, 1.807) is 0 Å². The molecule has 0 saturated carbocycles. The van der Waals surface area contributed by atoms with E-state index in [4.69, 9.17) is 5.11 Å². The van der Waals surface area contributed by atoms with Gasteiger partial charge in [-0.05, 0) is 38.9 Å². The maximum absolute atomic E-state index is 8.71. The van der Waals surface area contributed by atoms with E-state index in [9.17, 15) is 0 Å². The third kappa shape index (κ3) is 3.52. The van der Waals surface area contributed by atoms with Crippen LogP contribution >= 0.6 is 0 Å². The summed E-state index contributed by atoms with van der Waals surface area (Å²) in [5.41, 5.74) is 0. The Hall–Kier alpha value is -0.120. The SMILES string of the molecule is CN(CCO)CC1CCNCC1. The van der Waals surface area contributed by atoms with Crippen molar-refractivity contribution >= 4 is 0 Å². The standard InChI is InChI=1S/C9H20N2O/c1-11(6-7-12)8-9-2-4-10-5-3-9/h9-10,12H,2-8H2,1H3. The first-order chi connectivity index (χ1) is 5.83. The van der Waals surface area contributed by atoms with E-state index >= 15 is 0 Å². The van der Waals surface area contributed by atoms with Crippen molar-refractivity contribution in [2.24, 2.45) is 5.92 Å². The Balaban J connectivity index is 2.11. The van der Waals surface area contributed by atoms with E-state index in [2.05, 4.69) is 17.3 Å². The lowest BCUT2D eigenvalue weighted by Gasteiger charge is -2.26. The van der Waals surface area contributed by atoms with Gasteiger partial charge >= 0.3 is 0 Å². The van der Waals surface area contributed by atoms with Crippen molar-refractivity contribution in [2.45, 2.75) is 12.8 Å². The summed E-state index contributed by atoms with van der Waals surface area (Å²) in [6.45, 7) is 4.56. The van der Waals surface area contributed by atoms with Crippen molar-refractivity contribution in [3.63, 3.8) is 0 Å². The highest BCUT2D eigenvalue weighted by Gasteiger charge is 2.14. The van der Waals surface area contributed by atoms with Crippen LogP contribution in [0.3, 0.4) is 0 Å². The molecule has 1 aliphatic heterocycles. The van der Waals surface area contributed by atoms with E-state index in [1.165, 1.54) is 12.8 Å². The van der Waals surface area contributed by atoms with Crippen LogP contribution in [0.2, 0.25) is 0 Å². The highest BCUT2D eigenvalue weighted by atomic mass is 16.3. The lowest BCUT2D eigenvalue weighted by atomic mass is 9.98. The lowest BCUT2D eigenvalue weighted by molar-refractivity contribution is 0.189. The molecule has 1 saturated heterocycles. The Kier molecular flexibility index (Phi) is 4.58. The highest BCUT2D eigenvalue weighted by molar-refractivity contribution is 4.70. The molecule has 0 spiro atoms. The molecule has 0 aromatic rings. The molecule has 12 heavy (non-hydrogen) atoms. The summed E-state index contributed by atoms with van der Waals surface area (Å²) in [4.78, 5) is 2.22. The second kappa shape index (κ2) is 5.51. The maximum atomic E-state index is 8.71. The van der Waals surface area contributed by atoms with Gasteiger partial charge in [0, 0.05) is 13.1 Å². The zero-order valence-electron chi connectivity index (χ0n) is 7.92. The fourth-order valence-corrected chi connectivity index (χ4v) is 1.77. The van der Waals surface area contributed by atoms with Gasteiger partial charge in [-0.25, -0.2) is 0 Å². The number of nitrogens with one attached hydrogen (secondary N) is 1. The van der Waals surface area contributed by atoms with Crippen LogP contribution in [0.25, 0.3) is 0 Å². The quantitative estimate of drug-likeness (QED) is 0.622. The van der Waals surface area contributed by atoms with E-state index in [0.717, 1.165) is 32.1 Å². The highest BCUT2D eigenvalue weighted by Crippen LogP contribution is 2.12. The van der Waals surface area contributed by atoms with Crippen LogP contribution in [0, 0.1) is 5.92 Å². The van der Waals surface area contributed by atoms with Gasteiger partial charge in [0.25, 0.3) is 0 Å². The molecule has 0 aliphatic carbocycles. The molecule has 0 amide bonds. The number of hydrogen-bond donors (Lipinski definition) is 2. The van der Waals surface area contributed by atoms with Crippen LogP contribution in [-0.4, -0.2) is 49.8 Å². The molecule has 0 aromatic carbocycles. The van der Waals surface area contributed by atoms with Crippen LogP contribution in [0.15, 0.2) is 0 Å². The molecular weight excluding hydrogens is 152 g/mol. The van der Waals surface area contributed by atoms with Crippen molar-refractivity contribution in [3.8, 4) is 0 Å². The first kappa shape index (κ1) is 9.96. The van der Waals surface area contributed by atoms with Gasteiger partial charge in [0.2, 0.25) is 0 Å². The average molecular weight is 172 g/mol. The van der Waals surface area contributed by atoms with Gasteiger partial charge < -0.3 is 15.3 Å². The summed E-state index contributed by atoms with van der Waals surface area (Å²) in [6.07, 6.45) is 2.57. The molecule has 1 heterocycles. The van der Waals surface area contributed by atoms with Gasteiger partial charge in [0.15, 0.2) is 0 Å². The predicted octanol–water partition coefficient (Wildman–Crippen LogP) is -0.0899. The van der Waals surface area contributed by atoms with Gasteiger partial charge in [-0.3, -0.25) is 0 Å². The summed E-state index contributed by atoms with van der Waals surface area (Å²) in [5.74, 6) is 0.836. The van der Waals surface area contributed by atoms with Crippen LogP contribution in [0.1, 0.15) is 12.8 Å². The Morgan fingerprint density at radius 1 is 1.42 bits per heavy atom. The van der Waals surface area contributed by atoms with Crippen LogP contribution in [0.4, 0.5) is 0 Å². The van der Waals surface area contributed by atoms with Crippen molar-refractivity contribution in [3.05, 3.63) is 0 Å². The summed E-state index contributed by atoms with van der Waals surface area (Å²) >= 11 is 0. The molecule has 1 rings (SSSR count). The number of aliphatic hydroxyl groups excluding tert-OH is 1. The van der Waals surface area contributed by atoms with Gasteiger partial charge in [0.1, 0.15) is 0 Å². The summed E-state index contributed by atoms with van der Waals surface area (Å²) in [5, 5.41) is 12.1. The molecular formula is C9H20N2O. The molecule has 0 bridgehead atoms. The second-order valence-corrected chi connectivity index (χ2v) is 3.68. The van der Waals surface area contributed by atoms with E-state index in [-0.39, 0.29) is 6.61 Å². The van der Waals surface area contributed by atoms with Crippen molar-refractivity contribution in [2.75, 3.05) is 39.8 Å². The second-order valence-electron chi connectivity index (χ2n) is 3.68. The summed E-state index contributed by atoms with van der Waals surface area (Å²) in [7, 11) is 2.08. The van der Waals surface area contributed by atoms with Crippen molar-refractivity contribution in [1.29, 1.82) is 0 Å². The zero-order chi connectivity index (χ0) is 8.81. The fourth-order valence-electron chi connectivity index (χ4n) is 1.77. The van der Waals surface area contributed by atoms with Gasteiger partial charge in [-0.2, -0.15) is 0 Å². The zero-order valence-corrected chi connectivity index (χ0v) is 7.92. The normalized spacial score (nSPS) is 20.2. The van der Waals surface area contributed by atoms with E-state index in [0.29, 0.717) is 0 Å². The van der Waals surface area contributed by atoms with E-state index in [1.807, 2.05) is 0 Å². The van der Waals surface area contributed by atoms with Gasteiger partial charge in [-0.1, -0.05) is 0 Å². The number of rotatable bonds is 4. The minimum atomic E-state index is 0.279. The Labute approximate surface area is 74.8 Å². The first-order valence-electron chi connectivity index (χ1n) is 4.83. The molecule has 0 radical (unpaired) electrons. The predicted molar refractivity (Wildman–Crippen MR) is 50.2 cm³/mol. The molecule has 72 valence electrons. The Morgan fingerprint density at radius 2 is 2.08 bits per heavy atom. The number of nitrogens with zero attached hydrogens (tertiary/aromatic N) is 1. The molecule has 1 aliphatic rings. The van der Waals surface area contributed by atoms with E-state index < -0.39 is 0 Å². The van der Waals surface area contributed by atoms with Crippen LogP contribution in [-0.2, 0) is 0 Å².